The van der Waals surface area contributed by atoms with E-state index in [2.05, 4.69) is 15.5 Å². The van der Waals surface area contributed by atoms with E-state index in [9.17, 15) is 9.59 Å². The highest BCUT2D eigenvalue weighted by molar-refractivity contribution is 6.01. The number of rotatable bonds is 6. The van der Waals surface area contributed by atoms with E-state index >= 15 is 0 Å². The molecular weight excluding hydrogens is 328 g/mol. The van der Waals surface area contributed by atoms with Crippen LogP contribution in [0.2, 0.25) is 0 Å². The molecule has 0 unspecified atom stereocenters. The van der Waals surface area contributed by atoms with Crippen LogP contribution in [0.5, 0.6) is 0 Å². The van der Waals surface area contributed by atoms with Crippen LogP contribution >= 0.6 is 0 Å². The van der Waals surface area contributed by atoms with Gasteiger partial charge in [-0.25, -0.2) is 4.79 Å². The number of anilines is 1. The first kappa shape index (κ1) is 18.2. The van der Waals surface area contributed by atoms with Gasteiger partial charge in [-0.05, 0) is 43.8 Å². The van der Waals surface area contributed by atoms with Crippen LogP contribution in [0.25, 0.3) is 10.8 Å². The zero-order valence-electron chi connectivity index (χ0n) is 14.9. The van der Waals surface area contributed by atoms with Crippen molar-refractivity contribution in [2.45, 2.75) is 19.3 Å². The molecule has 26 heavy (non-hydrogen) atoms. The molecule has 1 fully saturated rings. The number of carbonyl (C=O) groups excluding carboxylic acids is 2. The normalized spacial score (nSPS) is 17.8. The van der Waals surface area contributed by atoms with Gasteiger partial charge in [0.05, 0.1) is 11.6 Å². The molecule has 6 heteroatoms. The van der Waals surface area contributed by atoms with Crippen molar-refractivity contribution in [2.75, 3.05) is 31.5 Å². The fourth-order valence-electron chi connectivity index (χ4n) is 3.50. The first-order chi connectivity index (χ1) is 12.6. The van der Waals surface area contributed by atoms with E-state index in [0.717, 1.165) is 55.4 Å². The van der Waals surface area contributed by atoms with Gasteiger partial charge in [-0.3, -0.25) is 4.79 Å². The van der Waals surface area contributed by atoms with Gasteiger partial charge in [0.2, 0.25) is 5.91 Å². The Hall–Kier alpha value is -2.60. The molecule has 6 nitrogen and oxygen atoms in total. The molecular formula is C20H26N4O2. The minimum Gasteiger partial charge on any atom is -0.369 e. The number of likely N-dealkylation sites (tertiary alicyclic amines) is 1. The number of amides is 3. The average molecular weight is 354 g/mol. The SMILES string of the molecule is NC(=O)[C@@H]1CCCN(CCCNC(=O)Nc2cccc3ccccc23)C1. The number of primary amides is 1. The lowest BCUT2D eigenvalue weighted by atomic mass is 9.97. The molecule has 4 N–H and O–H groups in total. The summed E-state index contributed by atoms with van der Waals surface area (Å²) >= 11 is 0. The van der Waals surface area contributed by atoms with Crippen molar-refractivity contribution in [3.05, 3.63) is 42.5 Å². The van der Waals surface area contributed by atoms with E-state index in [1.807, 2.05) is 42.5 Å². The van der Waals surface area contributed by atoms with Gasteiger partial charge in [0.15, 0.2) is 0 Å². The summed E-state index contributed by atoms with van der Waals surface area (Å²) in [5.41, 5.74) is 6.21. The van der Waals surface area contributed by atoms with Gasteiger partial charge in [0.1, 0.15) is 0 Å². The molecule has 0 radical (unpaired) electrons. The van der Waals surface area contributed by atoms with Gasteiger partial charge in [-0.1, -0.05) is 36.4 Å². The monoisotopic (exact) mass is 354 g/mol. The van der Waals surface area contributed by atoms with Crippen molar-refractivity contribution in [1.29, 1.82) is 0 Å². The zero-order chi connectivity index (χ0) is 18.4. The average Bonchev–Trinajstić information content (AvgIpc) is 2.66. The Bertz CT molecular complexity index is 772. The third-order valence-corrected chi connectivity index (χ3v) is 4.88. The van der Waals surface area contributed by atoms with Gasteiger partial charge in [0, 0.05) is 18.5 Å². The number of fused-ring (bicyclic) bond motifs is 1. The van der Waals surface area contributed by atoms with Crippen molar-refractivity contribution >= 4 is 28.4 Å². The molecule has 0 saturated carbocycles. The van der Waals surface area contributed by atoms with E-state index in [4.69, 9.17) is 5.73 Å². The minimum absolute atomic E-state index is 0.0358. The molecule has 1 saturated heterocycles. The topological polar surface area (TPSA) is 87.5 Å². The van der Waals surface area contributed by atoms with Crippen LogP contribution in [-0.4, -0.2) is 43.0 Å². The fourth-order valence-corrected chi connectivity index (χ4v) is 3.50. The molecule has 0 spiro atoms. The number of piperidine rings is 1. The van der Waals surface area contributed by atoms with Crippen LogP contribution < -0.4 is 16.4 Å². The number of hydrogen-bond acceptors (Lipinski definition) is 3. The number of nitrogens with zero attached hydrogens (tertiary/aromatic N) is 1. The molecule has 138 valence electrons. The number of nitrogens with two attached hydrogens (primary N) is 1. The predicted molar refractivity (Wildman–Crippen MR) is 104 cm³/mol. The Kier molecular flexibility index (Phi) is 6.07. The third kappa shape index (κ3) is 4.73. The van der Waals surface area contributed by atoms with Gasteiger partial charge in [0.25, 0.3) is 0 Å². The smallest absolute Gasteiger partial charge is 0.319 e. The lowest BCUT2D eigenvalue weighted by molar-refractivity contribution is -0.123. The molecule has 0 bridgehead atoms. The Morgan fingerprint density at radius 3 is 2.81 bits per heavy atom. The van der Waals surface area contributed by atoms with Crippen LogP contribution in [0.15, 0.2) is 42.5 Å². The van der Waals surface area contributed by atoms with Gasteiger partial charge in [-0.15, -0.1) is 0 Å². The second kappa shape index (κ2) is 8.67. The van der Waals surface area contributed by atoms with Crippen LogP contribution in [0.4, 0.5) is 10.5 Å². The largest absolute Gasteiger partial charge is 0.369 e. The molecule has 0 aromatic heterocycles. The molecule has 3 rings (SSSR count). The maximum atomic E-state index is 12.2. The Morgan fingerprint density at radius 2 is 1.96 bits per heavy atom. The number of hydrogen-bond donors (Lipinski definition) is 3. The molecule has 2 aromatic carbocycles. The molecule has 2 aromatic rings. The van der Waals surface area contributed by atoms with Crippen molar-refractivity contribution in [2.24, 2.45) is 11.7 Å². The summed E-state index contributed by atoms with van der Waals surface area (Å²) in [6.07, 6.45) is 2.73. The second-order valence-electron chi connectivity index (χ2n) is 6.80. The first-order valence-corrected chi connectivity index (χ1v) is 9.18. The van der Waals surface area contributed by atoms with Gasteiger partial charge >= 0.3 is 6.03 Å². The predicted octanol–water partition coefficient (Wildman–Crippen LogP) is 2.55. The molecule has 1 aliphatic rings. The number of nitrogens with one attached hydrogen (secondary N) is 2. The summed E-state index contributed by atoms with van der Waals surface area (Å²) in [4.78, 5) is 25.7. The van der Waals surface area contributed by atoms with Crippen molar-refractivity contribution in [3.63, 3.8) is 0 Å². The standard InChI is InChI=1S/C20H26N4O2/c21-19(25)16-8-4-12-24(14-16)13-5-11-22-20(26)23-18-10-3-7-15-6-1-2-9-17(15)18/h1-3,6-7,9-10,16H,4-5,8,11-14H2,(H2,21,25)(H2,22,23,26)/t16-/m1/s1. The quantitative estimate of drug-likeness (QED) is 0.697. The van der Waals surface area contributed by atoms with E-state index in [-0.39, 0.29) is 17.9 Å². The Morgan fingerprint density at radius 1 is 1.15 bits per heavy atom. The fraction of sp³-hybridized carbons (Fsp3) is 0.400. The van der Waals surface area contributed by atoms with Crippen LogP contribution in [0.3, 0.4) is 0 Å². The second-order valence-corrected chi connectivity index (χ2v) is 6.80. The highest BCUT2D eigenvalue weighted by Gasteiger charge is 2.23. The maximum absolute atomic E-state index is 12.2. The molecule has 3 amide bonds. The zero-order valence-corrected chi connectivity index (χ0v) is 14.9. The van der Waals surface area contributed by atoms with Gasteiger partial charge < -0.3 is 21.3 Å². The summed E-state index contributed by atoms with van der Waals surface area (Å²) in [5, 5.41) is 7.94. The van der Waals surface area contributed by atoms with E-state index in [0.29, 0.717) is 6.54 Å². The molecule has 0 aliphatic carbocycles. The molecule has 1 atom stereocenters. The summed E-state index contributed by atoms with van der Waals surface area (Å²) in [5.74, 6) is -0.242. The number of carbonyl (C=O) groups is 2. The van der Waals surface area contributed by atoms with Crippen molar-refractivity contribution < 1.29 is 9.59 Å². The Balaban J connectivity index is 1.42. The van der Waals surface area contributed by atoms with Crippen LogP contribution in [0.1, 0.15) is 19.3 Å². The summed E-state index contributed by atoms with van der Waals surface area (Å²) in [6, 6.07) is 13.6. The molecule has 1 aliphatic heterocycles. The number of benzene rings is 2. The maximum Gasteiger partial charge on any atom is 0.319 e. The summed E-state index contributed by atoms with van der Waals surface area (Å²) in [6.45, 7) is 3.18. The lowest BCUT2D eigenvalue weighted by Crippen LogP contribution is -2.42. The van der Waals surface area contributed by atoms with Crippen molar-refractivity contribution in [1.82, 2.24) is 10.2 Å². The third-order valence-electron chi connectivity index (χ3n) is 4.88. The summed E-state index contributed by atoms with van der Waals surface area (Å²) < 4.78 is 0. The lowest BCUT2D eigenvalue weighted by Gasteiger charge is -2.31. The summed E-state index contributed by atoms with van der Waals surface area (Å²) in [7, 11) is 0. The Labute approximate surface area is 153 Å². The van der Waals surface area contributed by atoms with E-state index in [1.54, 1.807) is 0 Å². The molecule has 1 heterocycles. The highest BCUT2D eigenvalue weighted by atomic mass is 16.2. The minimum atomic E-state index is -0.206. The van der Waals surface area contributed by atoms with Crippen LogP contribution in [-0.2, 0) is 4.79 Å². The van der Waals surface area contributed by atoms with E-state index < -0.39 is 0 Å². The first-order valence-electron chi connectivity index (χ1n) is 9.18. The van der Waals surface area contributed by atoms with E-state index in [1.165, 1.54) is 0 Å². The van der Waals surface area contributed by atoms with Crippen LogP contribution in [0, 0.1) is 5.92 Å². The highest BCUT2D eigenvalue weighted by Crippen LogP contribution is 2.22. The van der Waals surface area contributed by atoms with Gasteiger partial charge in [-0.2, -0.15) is 0 Å². The number of urea groups is 1. The van der Waals surface area contributed by atoms with Crippen molar-refractivity contribution in [3.8, 4) is 0 Å².